The highest BCUT2D eigenvalue weighted by molar-refractivity contribution is 5.81. The Morgan fingerprint density at radius 2 is 1.91 bits per heavy atom. The fourth-order valence-electron chi connectivity index (χ4n) is 5.95. The molecule has 0 radical (unpaired) electrons. The molecule has 0 amide bonds. The minimum absolute atomic E-state index is 0.395. The second kappa shape index (κ2) is 9.74. The second-order valence-corrected chi connectivity index (χ2v) is 9.64. The van der Waals surface area contributed by atoms with E-state index in [1.54, 1.807) is 6.07 Å². The van der Waals surface area contributed by atoms with E-state index in [-0.39, 0.29) is 0 Å². The molecule has 3 N–H and O–H groups in total. The SMILES string of the molecule is COC1CCC(C2C=CC(c3cnc(N)c(-c4ccnc(F)c4)c3)=CC2[C@@H]2CCCN2)CC1. The second-order valence-electron chi connectivity index (χ2n) is 9.64. The van der Waals surface area contributed by atoms with Crippen LogP contribution in [0.1, 0.15) is 44.1 Å². The molecule has 0 spiro atoms. The number of nitrogens with zero attached hydrogens (tertiary/aromatic N) is 2. The molecule has 3 atom stereocenters. The first-order valence-corrected chi connectivity index (χ1v) is 12.2. The number of hydrogen-bond donors (Lipinski definition) is 2. The van der Waals surface area contributed by atoms with Gasteiger partial charge in [-0.3, -0.25) is 0 Å². The molecule has 1 aliphatic heterocycles. The van der Waals surface area contributed by atoms with Gasteiger partial charge in [-0.05, 0) is 86.1 Å². The molecule has 174 valence electrons. The number of ether oxygens (including phenoxy) is 1. The summed E-state index contributed by atoms with van der Waals surface area (Å²) in [6.45, 7) is 1.10. The van der Waals surface area contributed by atoms with E-state index in [1.807, 2.05) is 19.4 Å². The normalized spacial score (nSPS) is 29.8. The number of nitrogens with two attached hydrogens (primary N) is 1. The number of nitrogens with one attached hydrogen (secondary N) is 1. The number of hydrogen-bond acceptors (Lipinski definition) is 5. The summed E-state index contributed by atoms with van der Waals surface area (Å²) in [7, 11) is 1.83. The van der Waals surface area contributed by atoms with Gasteiger partial charge in [0.15, 0.2) is 0 Å². The summed E-state index contributed by atoms with van der Waals surface area (Å²) in [4.78, 5) is 8.10. The Bertz CT molecular complexity index is 1040. The molecule has 6 heteroatoms. The van der Waals surface area contributed by atoms with Crippen LogP contribution in [-0.2, 0) is 4.74 Å². The lowest BCUT2D eigenvalue weighted by atomic mass is 9.68. The van der Waals surface area contributed by atoms with E-state index >= 15 is 0 Å². The fourth-order valence-corrected chi connectivity index (χ4v) is 5.95. The smallest absolute Gasteiger partial charge is 0.213 e. The summed E-state index contributed by atoms with van der Waals surface area (Å²) in [5, 5.41) is 3.75. The van der Waals surface area contributed by atoms with Crippen LogP contribution in [0.2, 0.25) is 0 Å². The number of methoxy groups -OCH3 is 1. The van der Waals surface area contributed by atoms with Crippen molar-refractivity contribution in [3.8, 4) is 11.1 Å². The Morgan fingerprint density at radius 1 is 1.06 bits per heavy atom. The highest BCUT2D eigenvalue weighted by atomic mass is 19.1. The van der Waals surface area contributed by atoms with Crippen LogP contribution in [0.3, 0.4) is 0 Å². The van der Waals surface area contributed by atoms with Crippen molar-refractivity contribution in [2.45, 2.75) is 50.7 Å². The number of nitrogen functional groups attached to an aromatic ring is 1. The first-order chi connectivity index (χ1) is 16.1. The van der Waals surface area contributed by atoms with Crippen molar-refractivity contribution in [2.75, 3.05) is 19.4 Å². The average Bonchev–Trinajstić information content (AvgIpc) is 3.39. The van der Waals surface area contributed by atoms with E-state index in [0.717, 1.165) is 30.5 Å². The molecule has 5 nitrogen and oxygen atoms in total. The van der Waals surface area contributed by atoms with E-state index in [9.17, 15) is 4.39 Å². The molecule has 2 aliphatic carbocycles. The number of pyridine rings is 2. The van der Waals surface area contributed by atoms with Gasteiger partial charge in [-0.15, -0.1) is 0 Å². The number of anilines is 1. The zero-order chi connectivity index (χ0) is 22.8. The van der Waals surface area contributed by atoms with Gasteiger partial charge in [0.2, 0.25) is 5.95 Å². The first kappa shape index (κ1) is 22.2. The summed E-state index contributed by atoms with van der Waals surface area (Å²) in [6, 6.07) is 5.70. The monoisotopic (exact) mass is 448 g/mol. The highest BCUT2D eigenvalue weighted by Gasteiger charge is 2.37. The van der Waals surface area contributed by atoms with Crippen molar-refractivity contribution in [1.82, 2.24) is 15.3 Å². The van der Waals surface area contributed by atoms with E-state index in [1.165, 1.54) is 43.5 Å². The maximum atomic E-state index is 13.7. The quantitative estimate of drug-likeness (QED) is 0.629. The zero-order valence-electron chi connectivity index (χ0n) is 19.2. The summed E-state index contributed by atoms with van der Waals surface area (Å²) in [6.07, 6.45) is 18.0. The molecule has 5 rings (SSSR count). The largest absolute Gasteiger partial charge is 0.383 e. The third kappa shape index (κ3) is 4.73. The van der Waals surface area contributed by atoms with Crippen molar-refractivity contribution >= 4 is 11.4 Å². The molecule has 2 fully saturated rings. The number of allylic oxidation sites excluding steroid dienone is 3. The summed E-state index contributed by atoms with van der Waals surface area (Å²) in [5.41, 5.74) is 9.76. The molecule has 3 aliphatic rings. The maximum Gasteiger partial charge on any atom is 0.213 e. The van der Waals surface area contributed by atoms with E-state index in [0.29, 0.717) is 41.3 Å². The van der Waals surface area contributed by atoms with Gasteiger partial charge >= 0.3 is 0 Å². The lowest BCUT2D eigenvalue weighted by Gasteiger charge is -2.39. The van der Waals surface area contributed by atoms with Gasteiger partial charge in [-0.2, -0.15) is 4.39 Å². The molecule has 1 saturated heterocycles. The van der Waals surface area contributed by atoms with Crippen molar-refractivity contribution < 1.29 is 9.13 Å². The van der Waals surface area contributed by atoms with Crippen LogP contribution in [-0.4, -0.2) is 35.8 Å². The van der Waals surface area contributed by atoms with E-state index in [4.69, 9.17) is 10.5 Å². The Labute approximate surface area is 195 Å². The van der Waals surface area contributed by atoms with E-state index < -0.39 is 5.95 Å². The topological polar surface area (TPSA) is 73.1 Å². The summed E-state index contributed by atoms with van der Waals surface area (Å²) in [5.74, 6) is 1.56. The van der Waals surface area contributed by atoms with Gasteiger partial charge in [0.25, 0.3) is 0 Å². The number of rotatable bonds is 5. The zero-order valence-corrected chi connectivity index (χ0v) is 19.2. The number of aromatic nitrogens is 2. The molecule has 2 aromatic rings. The van der Waals surface area contributed by atoms with E-state index in [2.05, 4.69) is 33.5 Å². The third-order valence-electron chi connectivity index (χ3n) is 7.76. The molecule has 2 aromatic heterocycles. The van der Waals surface area contributed by atoms with Gasteiger partial charge in [0.1, 0.15) is 5.82 Å². The molecule has 3 heterocycles. The van der Waals surface area contributed by atoms with Gasteiger partial charge in [0, 0.05) is 42.7 Å². The standard InChI is InChI=1S/C27H33FN4O/c1-33-21-7-4-17(5-8-21)22-9-6-18(13-24(22)25-3-2-11-30-25)20-14-23(27(29)32-16-20)19-10-12-31-26(28)15-19/h6,9-10,12-17,21-22,24-25,30H,2-5,7-8,11H2,1H3,(H2,29,32)/t17?,21?,22?,24?,25-/m0/s1. The molecule has 0 aromatic carbocycles. The Kier molecular flexibility index (Phi) is 6.56. The molecule has 33 heavy (non-hydrogen) atoms. The molecule has 1 saturated carbocycles. The Balaban J connectivity index is 1.44. The predicted octanol–water partition coefficient (Wildman–Crippen LogP) is 5.01. The van der Waals surface area contributed by atoms with Gasteiger partial charge in [0.05, 0.1) is 6.10 Å². The van der Waals surface area contributed by atoms with Crippen LogP contribution in [0.5, 0.6) is 0 Å². The van der Waals surface area contributed by atoms with Crippen LogP contribution >= 0.6 is 0 Å². The van der Waals surface area contributed by atoms with Crippen molar-refractivity contribution in [3.63, 3.8) is 0 Å². The molecular weight excluding hydrogens is 415 g/mol. The minimum atomic E-state index is -0.521. The molecule has 0 bridgehead atoms. The van der Waals surface area contributed by atoms with Crippen LogP contribution in [0.25, 0.3) is 16.7 Å². The van der Waals surface area contributed by atoms with Crippen LogP contribution < -0.4 is 11.1 Å². The van der Waals surface area contributed by atoms with Gasteiger partial charge < -0.3 is 15.8 Å². The van der Waals surface area contributed by atoms with Crippen molar-refractivity contribution in [3.05, 3.63) is 60.3 Å². The van der Waals surface area contributed by atoms with Crippen LogP contribution in [0, 0.1) is 23.7 Å². The molecular formula is C27H33FN4O. The summed E-state index contributed by atoms with van der Waals surface area (Å²) < 4.78 is 19.3. The lowest BCUT2D eigenvalue weighted by molar-refractivity contribution is 0.0454. The Morgan fingerprint density at radius 3 is 2.64 bits per heavy atom. The maximum absolute atomic E-state index is 13.7. The Hall–Kier alpha value is -2.57. The average molecular weight is 449 g/mol. The highest BCUT2D eigenvalue weighted by Crippen LogP contribution is 2.42. The third-order valence-corrected chi connectivity index (χ3v) is 7.76. The molecule has 2 unspecified atom stereocenters. The van der Waals surface area contributed by atoms with Crippen molar-refractivity contribution in [2.24, 2.45) is 17.8 Å². The predicted molar refractivity (Wildman–Crippen MR) is 130 cm³/mol. The first-order valence-electron chi connectivity index (χ1n) is 12.2. The fraction of sp³-hybridized carbons (Fsp3) is 0.481. The van der Waals surface area contributed by atoms with Crippen LogP contribution in [0.4, 0.5) is 10.2 Å². The van der Waals surface area contributed by atoms with Crippen LogP contribution in [0.15, 0.2) is 48.8 Å². The van der Waals surface area contributed by atoms with Gasteiger partial charge in [-0.25, -0.2) is 9.97 Å². The van der Waals surface area contributed by atoms with Gasteiger partial charge in [-0.1, -0.05) is 18.2 Å². The lowest BCUT2D eigenvalue weighted by Crippen LogP contribution is -2.39. The minimum Gasteiger partial charge on any atom is -0.383 e. The number of halogens is 1. The van der Waals surface area contributed by atoms with Crippen molar-refractivity contribution in [1.29, 1.82) is 0 Å². The summed E-state index contributed by atoms with van der Waals surface area (Å²) >= 11 is 0.